The Labute approximate surface area is 214 Å². The molecule has 5 nitrogen and oxygen atoms in total. The first-order valence-corrected chi connectivity index (χ1v) is 13.9. The quantitative estimate of drug-likeness (QED) is 0.462. The second-order valence-electron chi connectivity index (χ2n) is 10.2. The summed E-state index contributed by atoms with van der Waals surface area (Å²) in [5.74, 6) is 1.07. The van der Waals surface area contributed by atoms with Crippen molar-refractivity contribution in [3.8, 4) is 5.75 Å². The molecule has 0 radical (unpaired) electrons. The standard InChI is InChI=1S/C27H33BrN2O3S/c1-33-27-10-9-22(29-25(32)8-7-24-14-21(28)17-34-24)15-26(27,20-3-2-4-23(31)13-20)11-12-30(18-27)16-19-5-6-19/h2-4,7-8,13-14,17,19,22,31H,5-6,9-12,15-16,18H2,1H3,(H,29,32)/b8-7+/t22-,26+,27+/m1/s1. The van der Waals surface area contributed by atoms with Crippen LogP contribution in [0.3, 0.4) is 0 Å². The Hall–Kier alpha value is -1.67. The first-order valence-electron chi connectivity index (χ1n) is 12.2. The van der Waals surface area contributed by atoms with Gasteiger partial charge in [0.05, 0.1) is 5.60 Å². The van der Waals surface area contributed by atoms with Gasteiger partial charge in [0.2, 0.25) is 5.91 Å². The molecule has 2 saturated carbocycles. The first-order chi connectivity index (χ1) is 16.4. The van der Waals surface area contributed by atoms with Crippen molar-refractivity contribution in [2.45, 2.75) is 55.6 Å². The average Bonchev–Trinajstić information content (AvgIpc) is 3.55. The van der Waals surface area contributed by atoms with Crippen LogP contribution in [0.2, 0.25) is 0 Å². The van der Waals surface area contributed by atoms with Crippen molar-refractivity contribution in [3.05, 3.63) is 56.7 Å². The van der Waals surface area contributed by atoms with Gasteiger partial charge in [-0.3, -0.25) is 4.79 Å². The molecule has 7 heteroatoms. The van der Waals surface area contributed by atoms with E-state index in [9.17, 15) is 9.90 Å². The van der Waals surface area contributed by atoms with Crippen LogP contribution in [0.15, 0.2) is 46.3 Å². The normalized spacial score (nSPS) is 29.8. The number of carbonyl (C=O) groups is 1. The van der Waals surface area contributed by atoms with Crippen LogP contribution in [0.25, 0.3) is 6.08 Å². The number of hydrogen-bond acceptors (Lipinski definition) is 5. The number of nitrogens with zero attached hydrogens (tertiary/aromatic N) is 1. The lowest BCUT2D eigenvalue weighted by molar-refractivity contribution is -0.150. The molecule has 1 saturated heterocycles. The molecular formula is C27H33BrN2O3S. The molecule has 1 aliphatic heterocycles. The van der Waals surface area contributed by atoms with Crippen LogP contribution in [-0.4, -0.2) is 54.3 Å². The molecule has 5 rings (SSSR count). The van der Waals surface area contributed by atoms with Crippen LogP contribution in [0.1, 0.15) is 49.0 Å². The van der Waals surface area contributed by atoms with Gasteiger partial charge in [-0.05, 0) is 96.8 Å². The van der Waals surface area contributed by atoms with Crippen molar-refractivity contribution in [1.29, 1.82) is 0 Å². The number of likely N-dealkylation sites (tertiary alicyclic amines) is 1. The Bertz CT molecular complexity index is 1070. The SMILES string of the molecule is CO[C@]12CC[C@@H](NC(=O)/C=C/c3cc(Br)cs3)C[C@]1(c1cccc(O)c1)CCN(CC1CC1)C2. The topological polar surface area (TPSA) is 61.8 Å². The number of piperidine rings is 1. The number of ether oxygens (including phenoxy) is 1. The number of carbonyl (C=O) groups excluding carboxylic acids is 1. The van der Waals surface area contributed by atoms with E-state index in [2.05, 4.69) is 32.2 Å². The predicted molar refractivity (Wildman–Crippen MR) is 140 cm³/mol. The van der Waals surface area contributed by atoms with E-state index < -0.39 is 0 Å². The van der Waals surface area contributed by atoms with Crippen molar-refractivity contribution < 1.29 is 14.6 Å². The van der Waals surface area contributed by atoms with Crippen molar-refractivity contribution in [3.63, 3.8) is 0 Å². The second-order valence-corrected chi connectivity index (χ2v) is 12.1. The van der Waals surface area contributed by atoms with Gasteiger partial charge in [-0.15, -0.1) is 11.3 Å². The number of phenolic OH excluding ortho intramolecular Hbond substituents is 1. The van der Waals surface area contributed by atoms with Gasteiger partial charge in [-0.2, -0.15) is 0 Å². The van der Waals surface area contributed by atoms with E-state index in [-0.39, 0.29) is 28.7 Å². The summed E-state index contributed by atoms with van der Waals surface area (Å²) in [5.41, 5.74) is 0.547. The molecule has 0 unspecified atom stereocenters. The lowest BCUT2D eigenvalue weighted by Crippen LogP contribution is -2.68. The number of thiophene rings is 1. The molecule has 2 heterocycles. The molecule has 182 valence electrons. The average molecular weight is 546 g/mol. The van der Waals surface area contributed by atoms with Crippen LogP contribution in [-0.2, 0) is 14.9 Å². The minimum absolute atomic E-state index is 0.0586. The molecule has 1 aromatic heterocycles. The van der Waals surface area contributed by atoms with E-state index in [0.717, 1.165) is 66.1 Å². The summed E-state index contributed by atoms with van der Waals surface area (Å²) in [6, 6.07) is 9.76. The second kappa shape index (κ2) is 9.76. The first kappa shape index (κ1) is 24.0. The van der Waals surface area contributed by atoms with E-state index in [1.165, 1.54) is 12.8 Å². The summed E-state index contributed by atoms with van der Waals surface area (Å²) in [7, 11) is 1.85. The molecule has 3 aliphatic rings. The zero-order valence-corrected chi connectivity index (χ0v) is 22.0. The zero-order valence-electron chi connectivity index (χ0n) is 19.6. The summed E-state index contributed by atoms with van der Waals surface area (Å²) >= 11 is 5.06. The van der Waals surface area contributed by atoms with Gasteiger partial charge in [0.1, 0.15) is 5.75 Å². The molecule has 3 fully saturated rings. The largest absolute Gasteiger partial charge is 0.508 e. The highest BCUT2D eigenvalue weighted by Crippen LogP contribution is 2.54. The van der Waals surface area contributed by atoms with E-state index in [4.69, 9.17) is 4.74 Å². The summed E-state index contributed by atoms with van der Waals surface area (Å²) in [4.78, 5) is 16.4. The molecule has 3 atom stereocenters. The van der Waals surface area contributed by atoms with Gasteiger partial charge in [-0.1, -0.05) is 12.1 Å². The smallest absolute Gasteiger partial charge is 0.244 e. The number of rotatable bonds is 7. The Kier molecular flexibility index (Phi) is 6.90. The Morgan fingerprint density at radius 1 is 1.32 bits per heavy atom. The molecule has 2 aliphatic carbocycles. The van der Waals surface area contributed by atoms with Gasteiger partial charge < -0.3 is 20.1 Å². The zero-order chi connectivity index (χ0) is 23.8. The van der Waals surface area contributed by atoms with Crippen LogP contribution >= 0.6 is 27.3 Å². The highest BCUT2D eigenvalue weighted by Gasteiger charge is 2.59. The molecule has 0 bridgehead atoms. The number of nitrogens with one attached hydrogen (secondary N) is 1. The van der Waals surface area contributed by atoms with Gasteiger partial charge in [0.25, 0.3) is 0 Å². The number of fused-ring (bicyclic) bond motifs is 1. The number of amides is 1. The minimum Gasteiger partial charge on any atom is -0.508 e. The van der Waals surface area contributed by atoms with Gasteiger partial charge in [0.15, 0.2) is 0 Å². The third-order valence-electron chi connectivity index (χ3n) is 8.03. The summed E-state index contributed by atoms with van der Waals surface area (Å²) in [6.07, 6.45) is 9.73. The predicted octanol–water partition coefficient (Wildman–Crippen LogP) is 5.34. The maximum absolute atomic E-state index is 12.8. The maximum Gasteiger partial charge on any atom is 0.244 e. The van der Waals surface area contributed by atoms with E-state index in [1.54, 1.807) is 23.5 Å². The molecule has 1 amide bonds. The van der Waals surface area contributed by atoms with Gasteiger partial charge in [-0.25, -0.2) is 0 Å². The van der Waals surface area contributed by atoms with Crippen molar-refractivity contribution in [1.82, 2.24) is 10.2 Å². The maximum atomic E-state index is 12.8. The summed E-state index contributed by atoms with van der Waals surface area (Å²) < 4.78 is 7.45. The van der Waals surface area contributed by atoms with E-state index in [0.29, 0.717) is 0 Å². The van der Waals surface area contributed by atoms with Crippen LogP contribution < -0.4 is 5.32 Å². The molecule has 2 aromatic rings. The van der Waals surface area contributed by atoms with Gasteiger partial charge in [0, 0.05) is 52.5 Å². The fourth-order valence-electron chi connectivity index (χ4n) is 6.16. The number of aromatic hydroxyl groups is 1. The third kappa shape index (κ3) is 4.85. The monoisotopic (exact) mass is 544 g/mol. The molecular weight excluding hydrogens is 512 g/mol. The van der Waals surface area contributed by atoms with Crippen molar-refractivity contribution in [2.24, 2.45) is 5.92 Å². The Morgan fingerprint density at radius 2 is 2.18 bits per heavy atom. The summed E-state index contributed by atoms with van der Waals surface area (Å²) in [5, 5.41) is 15.6. The van der Waals surface area contributed by atoms with Gasteiger partial charge >= 0.3 is 0 Å². The minimum atomic E-state index is -0.325. The number of methoxy groups -OCH3 is 1. The fourth-order valence-corrected chi connectivity index (χ4v) is 7.50. The third-order valence-corrected chi connectivity index (χ3v) is 9.69. The summed E-state index contributed by atoms with van der Waals surface area (Å²) in [6.45, 7) is 3.08. The van der Waals surface area contributed by atoms with E-state index >= 15 is 0 Å². The Balaban J connectivity index is 1.38. The molecule has 2 N–H and O–H groups in total. The number of phenols is 1. The highest BCUT2D eigenvalue weighted by molar-refractivity contribution is 9.10. The lowest BCUT2D eigenvalue weighted by Gasteiger charge is -2.60. The number of halogens is 1. The van der Waals surface area contributed by atoms with Crippen LogP contribution in [0, 0.1) is 5.92 Å². The van der Waals surface area contributed by atoms with Crippen molar-refractivity contribution >= 4 is 39.2 Å². The van der Waals surface area contributed by atoms with E-state index in [1.807, 2.05) is 36.8 Å². The Morgan fingerprint density at radius 3 is 2.88 bits per heavy atom. The molecule has 1 aromatic carbocycles. The molecule has 0 spiro atoms. The highest BCUT2D eigenvalue weighted by atomic mass is 79.9. The van der Waals surface area contributed by atoms with Crippen molar-refractivity contribution in [2.75, 3.05) is 26.7 Å². The number of hydrogen-bond donors (Lipinski definition) is 2. The van der Waals surface area contributed by atoms with Crippen LogP contribution in [0.5, 0.6) is 5.75 Å². The lowest BCUT2D eigenvalue weighted by atomic mass is 9.55. The molecule has 34 heavy (non-hydrogen) atoms. The number of benzene rings is 1. The van der Waals surface area contributed by atoms with Crippen LogP contribution in [0.4, 0.5) is 0 Å². The fraction of sp³-hybridized carbons (Fsp3) is 0.519.